The van der Waals surface area contributed by atoms with Crippen LogP contribution >= 0.6 is 0 Å². The molecule has 1 amide bonds. The Kier molecular flexibility index (Phi) is 10.5. The Hall–Kier alpha value is -0.780. The van der Waals surface area contributed by atoms with Gasteiger partial charge in [-0.3, -0.25) is 9.35 Å². The van der Waals surface area contributed by atoms with Gasteiger partial charge in [-0.1, -0.05) is 20.8 Å². The summed E-state index contributed by atoms with van der Waals surface area (Å²) >= 11 is 0. The van der Waals surface area contributed by atoms with Crippen molar-refractivity contribution in [3.63, 3.8) is 0 Å². The van der Waals surface area contributed by atoms with Gasteiger partial charge in [0.1, 0.15) is 0 Å². The number of hydrogen-bond acceptors (Lipinski definition) is 6. The molecule has 0 aliphatic heterocycles. The molecule has 0 spiro atoms. The van der Waals surface area contributed by atoms with E-state index < -0.39 is 16.2 Å². The van der Waals surface area contributed by atoms with Gasteiger partial charge in [0.15, 0.2) is 0 Å². The smallest absolute Gasteiger partial charge is 0.265 e. The molecule has 4 saturated carbocycles. The fraction of sp³-hybridized carbons (Fsp3) is 0.969. The van der Waals surface area contributed by atoms with Gasteiger partial charge in [-0.15, -0.1) is 0 Å². The van der Waals surface area contributed by atoms with E-state index in [4.69, 9.17) is 4.55 Å². The number of rotatable bonds is 12. The van der Waals surface area contributed by atoms with E-state index in [0.29, 0.717) is 48.2 Å². The third-order valence-electron chi connectivity index (χ3n) is 12.8. The minimum absolute atomic E-state index is 0.0450. The highest BCUT2D eigenvalue weighted by Crippen LogP contribution is 2.68. The molecule has 4 fully saturated rings. The maximum Gasteiger partial charge on any atom is 0.265 e. The van der Waals surface area contributed by atoms with Gasteiger partial charge in [-0.05, 0) is 97.7 Å². The van der Waals surface area contributed by atoms with E-state index in [2.05, 4.69) is 26.1 Å². The molecule has 4 rings (SSSR count). The first-order valence-electron chi connectivity index (χ1n) is 16.6. The molecular formula is C32H59N2O7S+. The van der Waals surface area contributed by atoms with Gasteiger partial charge < -0.3 is 25.1 Å². The summed E-state index contributed by atoms with van der Waals surface area (Å²) in [7, 11) is 0.114. The molecule has 4 aliphatic rings. The van der Waals surface area contributed by atoms with Gasteiger partial charge in [0, 0.05) is 25.8 Å². The third-order valence-corrected chi connectivity index (χ3v) is 13.6. The molecule has 11 atom stereocenters. The normalized spacial score (nSPS) is 41.0. The number of quaternary nitrogens is 1. The van der Waals surface area contributed by atoms with Crippen LogP contribution in [0.15, 0.2) is 0 Å². The number of amides is 1. The molecule has 0 radical (unpaired) electrons. The summed E-state index contributed by atoms with van der Waals surface area (Å²) in [6.07, 6.45) is 7.47. The van der Waals surface area contributed by atoms with Crippen molar-refractivity contribution in [1.82, 2.24) is 5.32 Å². The number of fused-ring (bicyclic) bond motifs is 5. The van der Waals surface area contributed by atoms with Crippen molar-refractivity contribution in [2.75, 3.05) is 39.5 Å². The minimum atomic E-state index is -3.93. The van der Waals surface area contributed by atoms with Crippen LogP contribution in [0.2, 0.25) is 0 Å². The standard InChI is InChI=1S/C32H58N2O7S/c1-21(8-11-29(38)33-14-6-15-34(4,5)16-7-17-42(39,40)41)24-9-10-25-30-26(20-28(37)32(24,25)3)31(2)13-12-23(35)18-22(31)19-27(30)36/h21-28,30,35-37H,6-20H2,1-5H3,(H-,33,38,39,40,41)/p+1/t21?,22?,23?,24?,25?,26?,27?,28?,30?,31-,32+/m0/s1. The predicted octanol–water partition coefficient (Wildman–Crippen LogP) is 3.22. The topological polar surface area (TPSA) is 144 Å². The van der Waals surface area contributed by atoms with Gasteiger partial charge in [0.05, 0.1) is 51.2 Å². The van der Waals surface area contributed by atoms with Crippen LogP contribution in [0.25, 0.3) is 0 Å². The SMILES string of the molecule is CC(CCC(=O)NCCC[N+](C)(C)CCCS(=O)(=O)O)C1CCC2C3C(O)CC4CC(O)CC[C@]4(C)C3CC(O)[C@]12C. The minimum Gasteiger partial charge on any atom is -0.393 e. The Bertz CT molecular complexity index is 1050. The van der Waals surface area contributed by atoms with Crippen molar-refractivity contribution >= 4 is 16.0 Å². The molecule has 0 saturated heterocycles. The number of carbonyl (C=O) groups excluding carboxylic acids is 1. The second kappa shape index (κ2) is 12.9. The van der Waals surface area contributed by atoms with Gasteiger partial charge >= 0.3 is 0 Å². The number of aliphatic hydroxyl groups excluding tert-OH is 3. The van der Waals surface area contributed by atoms with Crippen molar-refractivity contribution < 1.29 is 37.6 Å². The quantitative estimate of drug-likeness (QED) is 0.129. The monoisotopic (exact) mass is 615 g/mol. The van der Waals surface area contributed by atoms with Crippen LogP contribution in [0.4, 0.5) is 0 Å². The van der Waals surface area contributed by atoms with Crippen molar-refractivity contribution in [1.29, 1.82) is 0 Å². The number of hydrogen-bond donors (Lipinski definition) is 5. The van der Waals surface area contributed by atoms with E-state index in [-0.39, 0.29) is 52.5 Å². The summed E-state index contributed by atoms with van der Waals surface area (Å²) in [6, 6.07) is 0. The summed E-state index contributed by atoms with van der Waals surface area (Å²) in [6.45, 7) is 8.87. The lowest BCUT2D eigenvalue weighted by molar-refractivity contribution is -0.890. The van der Waals surface area contributed by atoms with Crippen LogP contribution in [-0.4, -0.2) is 96.5 Å². The first-order chi connectivity index (χ1) is 19.5. The maximum atomic E-state index is 12.7. The Morgan fingerprint density at radius 1 is 1.00 bits per heavy atom. The molecule has 42 heavy (non-hydrogen) atoms. The number of carbonyl (C=O) groups is 1. The zero-order valence-corrected chi connectivity index (χ0v) is 27.5. The number of nitrogens with zero attached hydrogens (tertiary/aromatic N) is 1. The van der Waals surface area contributed by atoms with Gasteiger partial charge in [0.25, 0.3) is 10.1 Å². The molecular weight excluding hydrogens is 556 g/mol. The van der Waals surface area contributed by atoms with Gasteiger partial charge in [-0.25, -0.2) is 0 Å². The van der Waals surface area contributed by atoms with Crippen molar-refractivity contribution in [2.24, 2.45) is 46.3 Å². The average Bonchev–Trinajstić information content (AvgIpc) is 3.24. The van der Waals surface area contributed by atoms with Crippen LogP contribution in [0.1, 0.15) is 91.4 Å². The fourth-order valence-electron chi connectivity index (χ4n) is 10.3. The number of nitrogens with one attached hydrogen (secondary N) is 1. The second-order valence-corrected chi connectivity index (χ2v) is 17.3. The van der Waals surface area contributed by atoms with E-state index in [1.54, 1.807) is 0 Å². The summed E-state index contributed by atoms with van der Waals surface area (Å²) in [4.78, 5) is 12.7. The van der Waals surface area contributed by atoms with E-state index in [1.807, 2.05) is 14.1 Å². The molecule has 0 aromatic carbocycles. The summed E-state index contributed by atoms with van der Waals surface area (Å²) in [5, 5.41) is 36.6. The largest absolute Gasteiger partial charge is 0.393 e. The molecule has 4 aliphatic carbocycles. The molecule has 0 heterocycles. The molecule has 244 valence electrons. The van der Waals surface area contributed by atoms with Crippen molar-refractivity contribution in [3.8, 4) is 0 Å². The number of aliphatic hydroxyl groups is 3. The van der Waals surface area contributed by atoms with Crippen LogP contribution < -0.4 is 5.32 Å². The first kappa shape index (κ1) is 34.1. The molecule has 0 bridgehead atoms. The Balaban J connectivity index is 1.27. The second-order valence-electron chi connectivity index (χ2n) is 15.8. The third kappa shape index (κ3) is 7.20. The molecule has 9 nitrogen and oxygen atoms in total. The first-order valence-corrected chi connectivity index (χ1v) is 18.2. The Labute approximate surface area is 254 Å². The highest BCUT2D eigenvalue weighted by Gasteiger charge is 2.65. The van der Waals surface area contributed by atoms with Gasteiger partial charge in [0.2, 0.25) is 5.91 Å². The molecule has 0 aromatic heterocycles. The van der Waals surface area contributed by atoms with E-state index in [0.717, 1.165) is 64.3 Å². The van der Waals surface area contributed by atoms with Crippen LogP contribution in [-0.2, 0) is 14.9 Å². The van der Waals surface area contributed by atoms with Crippen molar-refractivity contribution in [2.45, 2.75) is 110 Å². The zero-order chi connectivity index (χ0) is 31.1. The predicted molar refractivity (Wildman–Crippen MR) is 163 cm³/mol. The lowest BCUT2D eigenvalue weighted by Crippen LogP contribution is -2.62. The van der Waals surface area contributed by atoms with Crippen LogP contribution in [0, 0.1) is 46.3 Å². The highest BCUT2D eigenvalue weighted by atomic mass is 32.2. The fourth-order valence-corrected chi connectivity index (χ4v) is 10.8. The molecule has 9 unspecified atom stereocenters. The van der Waals surface area contributed by atoms with Crippen LogP contribution in [0.3, 0.4) is 0 Å². The average molecular weight is 616 g/mol. The summed E-state index contributed by atoms with van der Waals surface area (Å²) in [5.74, 6) is 1.52. The molecule has 0 aromatic rings. The van der Waals surface area contributed by atoms with E-state index in [9.17, 15) is 28.5 Å². The lowest BCUT2D eigenvalue weighted by atomic mass is 9.43. The Morgan fingerprint density at radius 3 is 2.38 bits per heavy atom. The Morgan fingerprint density at radius 2 is 1.69 bits per heavy atom. The van der Waals surface area contributed by atoms with Gasteiger partial charge in [-0.2, -0.15) is 8.42 Å². The summed E-state index contributed by atoms with van der Waals surface area (Å²) in [5.41, 5.74) is -0.185. The highest BCUT2D eigenvalue weighted by molar-refractivity contribution is 7.85. The lowest BCUT2D eigenvalue weighted by Gasteiger charge is -2.63. The van der Waals surface area contributed by atoms with E-state index >= 15 is 0 Å². The van der Waals surface area contributed by atoms with Crippen LogP contribution in [0.5, 0.6) is 0 Å². The van der Waals surface area contributed by atoms with Crippen molar-refractivity contribution in [3.05, 3.63) is 0 Å². The zero-order valence-electron chi connectivity index (χ0n) is 26.7. The summed E-state index contributed by atoms with van der Waals surface area (Å²) < 4.78 is 31.5. The van der Waals surface area contributed by atoms with E-state index in [1.165, 1.54) is 0 Å². The maximum absolute atomic E-state index is 12.7. The molecule has 10 heteroatoms. The molecule has 5 N–H and O–H groups in total.